The molecule has 0 radical (unpaired) electrons. The number of aryl methyl sites for hydroxylation is 2. The molecule has 0 saturated heterocycles. The molecule has 0 bridgehead atoms. The maximum Gasteiger partial charge on any atom is 0.332 e. The second kappa shape index (κ2) is 7.65. The van der Waals surface area contributed by atoms with Crippen LogP contribution in [0.1, 0.15) is 5.56 Å². The second-order valence-corrected chi connectivity index (χ2v) is 8.36. The number of halogens is 1. The minimum absolute atomic E-state index is 0.107. The normalized spacial score (nSPS) is 11.2. The molecule has 11 heteroatoms. The van der Waals surface area contributed by atoms with E-state index in [1.54, 1.807) is 0 Å². The van der Waals surface area contributed by atoms with Crippen molar-refractivity contribution in [3.8, 4) is 11.3 Å². The van der Waals surface area contributed by atoms with Gasteiger partial charge in [0.1, 0.15) is 6.54 Å². The van der Waals surface area contributed by atoms with E-state index in [2.05, 4.69) is 31.2 Å². The number of anilines is 1. The van der Waals surface area contributed by atoms with Crippen LogP contribution in [-0.2, 0) is 25.4 Å². The Labute approximate surface area is 182 Å². The van der Waals surface area contributed by atoms with Crippen LogP contribution in [0, 0.1) is 6.92 Å². The van der Waals surface area contributed by atoms with Gasteiger partial charge in [0, 0.05) is 25.0 Å². The zero-order valence-electron chi connectivity index (χ0n) is 16.3. The third-order valence-electron chi connectivity index (χ3n) is 4.69. The Hall–Kier alpha value is -3.05. The Kier molecular flexibility index (Phi) is 5.16. The van der Waals surface area contributed by atoms with Gasteiger partial charge in [0.15, 0.2) is 21.0 Å². The highest BCUT2D eigenvalue weighted by molar-refractivity contribution is 9.10. The molecule has 30 heavy (non-hydrogen) atoms. The number of imidazole rings is 1. The lowest BCUT2D eigenvalue weighted by Gasteiger charge is -2.09. The molecule has 0 atom stereocenters. The predicted molar refractivity (Wildman–Crippen MR) is 119 cm³/mol. The Morgan fingerprint density at radius 2 is 1.83 bits per heavy atom. The van der Waals surface area contributed by atoms with Crippen LogP contribution in [0.15, 0.2) is 44.0 Å². The number of amides is 1. The molecule has 1 amide bonds. The van der Waals surface area contributed by atoms with Gasteiger partial charge in [-0.2, -0.15) is 0 Å². The summed E-state index contributed by atoms with van der Waals surface area (Å²) in [6.07, 6.45) is 0. The molecule has 154 valence electrons. The van der Waals surface area contributed by atoms with Crippen molar-refractivity contribution in [2.45, 2.75) is 13.5 Å². The number of hydrogen-bond acceptors (Lipinski definition) is 6. The van der Waals surface area contributed by atoms with Crippen LogP contribution >= 0.6 is 27.3 Å². The molecule has 0 aliphatic carbocycles. The Morgan fingerprint density at radius 3 is 2.53 bits per heavy atom. The SMILES string of the molecule is Cc1ccc(-c2csc(NC(=O)Cn3c(Br)nc4c(=O)n(C)c(=O)n(C)c43)n2)cc1. The zero-order chi connectivity index (χ0) is 21.6. The Balaban J connectivity index is 1.60. The fourth-order valence-corrected chi connectivity index (χ4v) is 4.30. The fraction of sp³-hybridized carbons (Fsp3) is 0.211. The van der Waals surface area contributed by atoms with E-state index in [4.69, 9.17) is 0 Å². The summed E-state index contributed by atoms with van der Waals surface area (Å²) < 4.78 is 4.03. The number of benzene rings is 1. The Morgan fingerprint density at radius 1 is 1.13 bits per heavy atom. The van der Waals surface area contributed by atoms with Crippen LogP contribution in [0.4, 0.5) is 5.13 Å². The number of rotatable bonds is 4. The van der Waals surface area contributed by atoms with E-state index < -0.39 is 11.2 Å². The van der Waals surface area contributed by atoms with Crippen LogP contribution in [0.25, 0.3) is 22.4 Å². The first-order valence-corrected chi connectivity index (χ1v) is 10.6. The van der Waals surface area contributed by atoms with Crippen molar-refractivity contribution in [1.82, 2.24) is 23.7 Å². The van der Waals surface area contributed by atoms with E-state index in [1.165, 1.54) is 34.6 Å². The number of aromatic nitrogens is 5. The van der Waals surface area contributed by atoms with E-state index >= 15 is 0 Å². The molecule has 1 N–H and O–H groups in total. The third kappa shape index (κ3) is 3.50. The third-order valence-corrected chi connectivity index (χ3v) is 6.06. The van der Waals surface area contributed by atoms with Gasteiger partial charge in [0.05, 0.1) is 5.69 Å². The standard InChI is InChI=1S/C19H17BrN6O3S/c1-10-4-6-11(7-5-10)12-9-30-18(21-12)22-13(27)8-26-15-14(23-17(26)20)16(28)25(3)19(29)24(15)2/h4-7,9H,8H2,1-3H3,(H,21,22,27). The molecule has 9 nitrogen and oxygen atoms in total. The van der Waals surface area contributed by atoms with Crippen LogP contribution in [0.2, 0.25) is 0 Å². The van der Waals surface area contributed by atoms with E-state index in [-0.39, 0.29) is 28.3 Å². The second-order valence-electron chi connectivity index (χ2n) is 6.80. The van der Waals surface area contributed by atoms with Crippen LogP contribution in [-0.4, -0.2) is 29.6 Å². The Bertz CT molecular complexity index is 1400. The highest BCUT2D eigenvalue weighted by atomic mass is 79.9. The monoisotopic (exact) mass is 488 g/mol. The minimum atomic E-state index is -0.518. The summed E-state index contributed by atoms with van der Waals surface area (Å²) in [5.74, 6) is -0.354. The van der Waals surface area contributed by atoms with E-state index in [0.717, 1.165) is 21.4 Å². The summed E-state index contributed by atoms with van der Waals surface area (Å²) in [5.41, 5.74) is 2.26. The van der Waals surface area contributed by atoms with Crippen LogP contribution in [0.3, 0.4) is 0 Å². The molecular weight excluding hydrogens is 472 g/mol. The molecule has 0 aliphatic rings. The van der Waals surface area contributed by atoms with Gasteiger partial charge in [-0.25, -0.2) is 14.8 Å². The maximum absolute atomic E-state index is 12.6. The molecule has 1 aromatic carbocycles. The summed E-state index contributed by atoms with van der Waals surface area (Å²) in [5, 5.41) is 5.09. The zero-order valence-corrected chi connectivity index (χ0v) is 18.7. The van der Waals surface area contributed by atoms with E-state index in [1.807, 2.05) is 36.6 Å². The van der Waals surface area contributed by atoms with Crippen molar-refractivity contribution in [3.05, 3.63) is 60.8 Å². The van der Waals surface area contributed by atoms with Crippen molar-refractivity contribution in [1.29, 1.82) is 0 Å². The predicted octanol–water partition coefficient (Wildman–Crippen LogP) is 2.27. The number of hydrogen-bond donors (Lipinski definition) is 1. The van der Waals surface area contributed by atoms with Gasteiger partial charge >= 0.3 is 5.69 Å². The number of fused-ring (bicyclic) bond motifs is 1. The van der Waals surface area contributed by atoms with E-state index in [0.29, 0.717) is 5.13 Å². The smallest absolute Gasteiger partial charge is 0.300 e. The first-order chi connectivity index (χ1) is 14.3. The van der Waals surface area contributed by atoms with Crippen LogP contribution < -0.4 is 16.6 Å². The van der Waals surface area contributed by atoms with Gasteiger partial charge in [0.25, 0.3) is 5.56 Å². The summed E-state index contributed by atoms with van der Waals surface area (Å²) in [6, 6.07) is 7.96. The van der Waals surface area contributed by atoms with E-state index in [9.17, 15) is 14.4 Å². The summed E-state index contributed by atoms with van der Waals surface area (Å²) in [4.78, 5) is 45.9. The van der Waals surface area contributed by atoms with Crippen molar-refractivity contribution in [2.24, 2.45) is 14.1 Å². The van der Waals surface area contributed by atoms with Crippen molar-refractivity contribution < 1.29 is 4.79 Å². The average Bonchev–Trinajstić information content (AvgIpc) is 3.30. The minimum Gasteiger partial charge on any atom is -0.300 e. The van der Waals surface area contributed by atoms with Crippen molar-refractivity contribution in [2.75, 3.05) is 5.32 Å². The maximum atomic E-state index is 12.6. The number of carbonyl (C=O) groups is 1. The highest BCUT2D eigenvalue weighted by Gasteiger charge is 2.20. The molecule has 0 fully saturated rings. The van der Waals surface area contributed by atoms with Gasteiger partial charge in [-0.3, -0.25) is 23.3 Å². The molecule has 3 aromatic heterocycles. The van der Waals surface area contributed by atoms with Crippen molar-refractivity contribution >= 4 is 49.5 Å². The molecule has 0 unspecified atom stereocenters. The van der Waals surface area contributed by atoms with Gasteiger partial charge in [0.2, 0.25) is 5.91 Å². The lowest BCUT2D eigenvalue weighted by molar-refractivity contribution is -0.116. The fourth-order valence-electron chi connectivity index (χ4n) is 3.09. The number of thiazole rings is 1. The first kappa shape index (κ1) is 20.2. The molecule has 0 saturated carbocycles. The quantitative estimate of drug-likeness (QED) is 0.443. The molecule has 4 aromatic rings. The molecule has 0 aliphatic heterocycles. The van der Waals surface area contributed by atoms with Gasteiger partial charge < -0.3 is 5.32 Å². The lowest BCUT2D eigenvalue weighted by atomic mass is 10.1. The average molecular weight is 489 g/mol. The number of carbonyl (C=O) groups excluding carboxylic acids is 1. The topological polar surface area (TPSA) is 104 Å². The summed E-state index contributed by atoms with van der Waals surface area (Å²) >= 11 is 4.60. The van der Waals surface area contributed by atoms with Gasteiger partial charge in [-0.05, 0) is 22.9 Å². The van der Waals surface area contributed by atoms with Crippen LogP contribution in [0.5, 0.6) is 0 Å². The van der Waals surface area contributed by atoms with Crippen molar-refractivity contribution in [3.63, 3.8) is 0 Å². The molecule has 3 heterocycles. The summed E-state index contributed by atoms with van der Waals surface area (Å²) in [6.45, 7) is 1.87. The number of nitrogens with zero attached hydrogens (tertiary/aromatic N) is 5. The van der Waals surface area contributed by atoms with Gasteiger partial charge in [-0.1, -0.05) is 29.8 Å². The van der Waals surface area contributed by atoms with Gasteiger partial charge in [-0.15, -0.1) is 11.3 Å². The molecule has 4 rings (SSSR count). The molecule has 0 spiro atoms. The first-order valence-electron chi connectivity index (χ1n) is 8.90. The number of nitrogens with one attached hydrogen (secondary N) is 1. The summed E-state index contributed by atoms with van der Waals surface area (Å²) in [7, 11) is 2.92. The molecular formula is C19H17BrN6O3S. The highest BCUT2D eigenvalue weighted by Crippen LogP contribution is 2.25. The lowest BCUT2D eigenvalue weighted by Crippen LogP contribution is -2.37. The largest absolute Gasteiger partial charge is 0.332 e.